The quantitative estimate of drug-likeness (QED) is 0.539. The van der Waals surface area contributed by atoms with E-state index in [1.165, 1.54) is 0 Å². The summed E-state index contributed by atoms with van der Waals surface area (Å²) in [6, 6.07) is 18.6. The van der Waals surface area contributed by atoms with Crippen molar-refractivity contribution in [1.82, 2.24) is 0 Å². The number of hydrogen-bond acceptors (Lipinski definition) is 4. The molecule has 2 aromatic carbocycles. The summed E-state index contributed by atoms with van der Waals surface area (Å²) in [7, 11) is 0. The molecule has 0 aliphatic heterocycles. The Bertz CT molecular complexity index is 848. The fourth-order valence-corrected chi connectivity index (χ4v) is 3.99. The maximum Gasteiger partial charge on any atom is 0.319 e. The minimum Gasteiger partial charge on any atom is -0.457 e. The zero-order chi connectivity index (χ0) is 19.0. The molecule has 0 amide bonds. The minimum atomic E-state index is -0.801. The Morgan fingerprint density at radius 3 is 2.08 bits per heavy atom. The monoisotopic (exact) mass is 349 g/mol. The molecule has 0 bridgehead atoms. The van der Waals surface area contributed by atoms with Gasteiger partial charge in [0.1, 0.15) is 17.2 Å². The van der Waals surface area contributed by atoms with Crippen LogP contribution in [0.1, 0.15) is 34.1 Å². The van der Waals surface area contributed by atoms with Crippen LogP contribution in [0.15, 0.2) is 54.6 Å². The van der Waals surface area contributed by atoms with E-state index in [0.717, 1.165) is 0 Å². The van der Waals surface area contributed by atoms with Crippen molar-refractivity contribution >= 4 is 5.97 Å². The van der Waals surface area contributed by atoms with Gasteiger partial charge in [-0.1, -0.05) is 52.0 Å². The van der Waals surface area contributed by atoms with Gasteiger partial charge in [-0.3, -0.25) is 4.79 Å². The molecule has 4 heteroatoms. The van der Waals surface area contributed by atoms with E-state index >= 15 is 0 Å². The van der Waals surface area contributed by atoms with Crippen molar-refractivity contribution in [1.29, 1.82) is 5.26 Å². The Labute approximate surface area is 154 Å². The first-order chi connectivity index (χ1) is 12.3. The van der Waals surface area contributed by atoms with Gasteiger partial charge < -0.3 is 9.47 Å². The molecule has 26 heavy (non-hydrogen) atoms. The van der Waals surface area contributed by atoms with Crippen LogP contribution >= 0.6 is 0 Å². The van der Waals surface area contributed by atoms with Gasteiger partial charge in [0.2, 0.25) is 0 Å². The van der Waals surface area contributed by atoms with E-state index in [0.29, 0.717) is 17.2 Å². The average Bonchev–Trinajstić information content (AvgIpc) is 2.95. The number of nitrogens with zero attached hydrogens (tertiary/aromatic N) is 1. The molecule has 1 aliphatic rings. The van der Waals surface area contributed by atoms with E-state index in [1.54, 1.807) is 24.3 Å². The van der Waals surface area contributed by atoms with E-state index in [1.807, 2.05) is 58.0 Å². The summed E-state index contributed by atoms with van der Waals surface area (Å²) in [5.74, 6) is 1.36. The highest BCUT2D eigenvalue weighted by atomic mass is 16.5. The number of carbonyl (C=O) groups excluding carboxylic acids is 1. The number of ether oxygens (including phenoxy) is 2. The van der Waals surface area contributed by atoms with Crippen molar-refractivity contribution in [2.24, 2.45) is 16.2 Å². The van der Waals surface area contributed by atoms with Gasteiger partial charge >= 0.3 is 5.97 Å². The predicted molar refractivity (Wildman–Crippen MR) is 98.8 cm³/mol. The molecule has 1 aliphatic carbocycles. The topological polar surface area (TPSA) is 59.3 Å². The molecule has 0 atom stereocenters. The largest absolute Gasteiger partial charge is 0.457 e. The van der Waals surface area contributed by atoms with Gasteiger partial charge in [-0.2, -0.15) is 5.26 Å². The maximum atomic E-state index is 13.0. The van der Waals surface area contributed by atoms with Crippen LogP contribution in [0.25, 0.3) is 0 Å². The summed E-state index contributed by atoms with van der Waals surface area (Å²) in [5.41, 5.74) is -1.40. The van der Waals surface area contributed by atoms with Gasteiger partial charge in [-0.15, -0.1) is 0 Å². The molecule has 0 radical (unpaired) electrons. The molecule has 1 saturated carbocycles. The molecule has 0 N–H and O–H groups in total. The fourth-order valence-electron chi connectivity index (χ4n) is 3.99. The van der Waals surface area contributed by atoms with Crippen LogP contribution in [0.4, 0.5) is 0 Å². The maximum absolute atomic E-state index is 13.0. The normalized spacial score (nSPS) is 18.4. The summed E-state index contributed by atoms with van der Waals surface area (Å²) in [4.78, 5) is 13.0. The molecular weight excluding hydrogens is 326 g/mol. The van der Waals surface area contributed by atoms with Gasteiger partial charge in [0, 0.05) is 6.07 Å². The van der Waals surface area contributed by atoms with Crippen LogP contribution in [-0.4, -0.2) is 5.97 Å². The number of para-hydroxylation sites is 1. The van der Waals surface area contributed by atoms with Gasteiger partial charge in [-0.05, 0) is 35.1 Å². The number of nitriles is 1. The fraction of sp³-hybridized carbons (Fsp3) is 0.364. The molecule has 0 aromatic heterocycles. The van der Waals surface area contributed by atoms with E-state index in [-0.39, 0.29) is 23.2 Å². The zero-order valence-electron chi connectivity index (χ0n) is 15.6. The highest BCUT2D eigenvalue weighted by molar-refractivity contribution is 5.86. The Kier molecular flexibility index (Phi) is 4.28. The predicted octanol–water partition coefficient (Wildman–Crippen LogP) is 5.35. The number of esters is 1. The van der Waals surface area contributed by atoms with E-state index in [4.69, 9.17) is 9.47 Å². The van der Waals surface area contributed by atoms with Crippen molar-refractivity contribution in [3.05, 3.63) is 54.6 Å². The molecule has 2 aromatic rings. The molecule has 3 rings (SSSR count). The van der Waals surface area contributed by atoms with Crippen LogP contribution in [-0.2, 0) is 4.79 Å². The number of benzene rings is 2. The smallest absolute Gasteiger partial charge is 0.319 e. The summed E-state index contributed by atoms with van der Waals surface area (Å²) >= 11 is 0. The SMILES string of the molecule is CC1(C)C(C)(C)C1(CC#N)C(=O)Oc1cccc(Oc2ccccc2)c1. The number of carbonyl (C=O) groups is 1. The Morgan fingerprint density at radius 2 is 1.50 bits per heavy atom. The molecule has 134 valence electrons. The minimum absolute atomic E-state index is 0.145. The van der Waals surface area contributed by atoms with Crippen LogP contribution in [0.2, 0.25) is 0 Å². The second-order valence-electron chi connectivity index (χ2n) is 7.77. The molecule has 0 unspecified atom stereocenters. The lowest BCUT2D eigenvalue weighted by molar-refractivity contribution is -0.142. The molecule has 4 nitrogen and oxygen atoms in total. The number of hydrogen-bond donors (Lipinski definition) is 0. The van der Waals surface area contributed by atoms with E-state index < -0.39 is 5.41 Å². The van der Waals surface area contributed by atoms with Gasteiger partial charge in [-0.25, -0.2) is 0 Å². The Balaban J connectivity index is 1.80. The Hall–Kier alpha value is -2.80. The van der Waals surface area contributed by atoms with Gasteiger partial charge in [0.15, 0.2) is 0 Å². The highest BCUT2D eigenvalue weighted by Gasteiger charge is 2.81. The second kappa shape index (κ2) is 6.17. The standard InChI is InChI=1S/C22H23NO3/c1-20(2)21(3,4)22(20,13-14-23)19(24)26-18-12-8-11-17(15-18)25-16-9-6-5-7-10-16/h5-12,15H,13H2,1-4H3. The third-order valence-electron chi connectivity index (χ3n) is 6.32. The summed E-state index contributed by atoms with van der Waals surface area (Å²) in [6.07, 6.45) is 0.145. The molecule has 0 spiro atoms. The molecular formula is C22H23NO3. The van der Waals surface area contributed by atoms with Crippen molar-refractivity contribution < 1.29 is 14.3 Å². The van der Waals surface area contributed by atoms with Gasteiger partial charge in [0.25, 0.3) is 0 Å². The van der Waals surface area contributed by atoms with Gasteiger partial charge in [0.05, 0.1) is 17.9 Å². The first-order valence-corrected chi connectivity index (χ1v) is 8.68. The zero-order valence-corrected chi connectivity index (χ0v) is 15.6. The highest BCUT2D eigenvalue weighted by Crippen LogP contribution is 2.79. The van der Waals surface area contributed by atoms with Crippen LogP contribution < -0.4 is 9.47 Å². The lowest BCUT2D eigenvalue weighted by Gasteiger charge is -2.17. The lowest BCUT2D eigenvalue weighted by atomic mass is 9.91. The molecule has 0 heterocycles. The summed E-state index contributed by atoms with van der Waals surface area (Å²) in [5, 5.41) is 9.25. The molecule has 0 saturated heterocycles. The van der Waals surface area contributed by atoms with Crippen molar-refractivity contribution in [3.8, 4) is 23.3 Å². The summed E-state index contributed by atoms with van der Waals surface area (Å²) in [6.45, 7) is 8.06. The van der Waals surface area contributed by atoms with Crippen molar-refractivity contribution in [2.75, 3.05) is 0 Å². The first kappa shape index (κ1) is 18.0. The van der Waals surface area contributed by atoms with Crippen LogP contribution in [0.5, 0.6) is 17.2 Å². The lowest BCUT2D eigenvalue weighted by Crippen LogP contribution is -2.28. The third kappa shape index (κ3) is 2.55. The van der Waals surface area contributed by atoms with Crippen molar-refractivity contribution in [2.45, 2.75) is 34.1 Å². The first-order valence-electron chi connectivity index (χ1n) is 8.68. The van der Waals surface area contributed by atoms with Crippen LogP contribution in [0, 0.1) is 27.6 Å². The number of rotatable bonds is 5. The van der Waals surface area contributed by atoms with Crippen molar-refractivity contribution in [3.63, 3.8) is 0 Å². The third-order valence-corrected chi connectivity index (χ3v) is 6.32. The van der Waals surface area contributed by atoms with Crippen LogP contribution in [0.3, 0.4) is 0 Å². The average molecular weight is 349 g/mol. The van der Waals surface area contributed by atoms with E-state index in [2.05, 4.69) is 6.07 Å². The van der Waals surface area contributed by atoms with E-state index in [9.17, 15) is 10.1 Å². The molecule has 1 fully saturated rings. The Morgan fingerprint density at radius 1 is 0.923 bits per heavy atom. The second-order valence-corrected chi connectivity index (χ2v) is 7.77. The summed E-state index contributed by atoms with van der Waals surface area (Å²) < 4.78 is 11.5.